The first-order chi connectivity index (χ1) is 9.70. The van der Waals surface area contributed by atoms with Gasteiger partial charge in [-0.3, -0.25) is 4.79 Å². The van der Waals surface area contributed by atoms with Crippen molar-refractivity contribution in [1.82, 2.24) is 0 Å². The van der Waals surface area contributed by atoms with Gasteiger partial charge in [0.05, 0.1) is 13.2 Å². The molecule has 0 bridgehead atoms. The molecule has 20 heavy (non-hydrogen) atoms. The number of benzene rings is 1. The lowest BCUT2D eigenvalue weighted by Crippen LogP contribution is -2.12. The van der Waals surface area contributed by atoms with Crippen LogP contribution in [-0.4, -0.2) is 19.0 Å². The summed E-state index contributed by atoms with van der Waals surface area (Å²) in [5.41, 5.74) is 0.735. The maximum absolute atomic E-state index is 12.1. The summed E-state index contributed by atoms with van der Waals surface area (Å²) in [5.74, 6) is 2.02. The van der Waals surface area contributed by atoms with Crippen LogP contribution in [-0.2, 0) is 0 Å². The van der Waals surface area contributed by atoms with E-state index >= 15 is 0 Å². The molecule has 1 aliphatic heterocycles. The van der Waals surface area contributed by atoms with Crippen LogP contribution in [0.5, 0.6) is 11.5 Å². The number of Topliss-reactive ketones (excluding diaryl/α,β-unsaturated/α-hetero) is 1. The summed E-state index contributed by atoms with van der Waals surface area (Å²) < 4.78 is 11.4. The van der Waals surface area contributed by atoms with E-state index in [0.717, 1.165) is 24.2 Å². The molecule has 0 N–H and O–H groups in total. The average Bonchev–Trinajstić information content (AvgIpc) is 2.65. The highest BCUT2D eigenvalue weighted by atomic mass is 16.5. The first-order valence-electron chi connectivity index (χ1n) is 7.63. The molecule has 0 radical (unpaired) electrons. The minimum atomic E-state index is 0.199. The molecule has 0 spiro atoms. The Balaban J connectivity index is 1.98. The number of hydrogen-bond acceptors (Lipinski definition) is 3. The van der Waals surface area contributed by atoms with Gasteiger partial charge < -0.3 is 9.47 Å². The standard InChI is InChI=1S/C17H24O3/c1-3-4-5-6-7-15(18)14-8-9-16-17(10-14)20-12-13(2)11-19-16/h8-10,13H,3-7,11-12H2,1-2H3. The van der Waals surface area contributed by atoms with E-state index in [0.29, 0.717) is 31.3 Å². The van der Waals surface area contributed by atoms with Crippen molar-refractivity contribution in [3.05, 3.63) is 23.8 Å². The van der Waals surface area contributed by atoms with Gasteiger partial charge in [0.15, 0.2) is 17.3 Å². The molecule has 0 saturated carbocycles. The van der Waals surface area contributed by atoms with Gasteiger partial charge in [-0.15, -0.1) is 0 Å². The van der Waals surface area contributed by atoms with Gasteiger partial charge in [0.25, 0.3) is 0 Å². The third-order valence-electron chi connectivity index (χ3n) is 3.57. The zero-order valence-electron chi connectivity index (χ0n) is 12.5. The van der Waals surface area contributed by atoms with E-state index in [1.165, 1.54) is 12.8 Å². The molecular formula is C17H24O3. The highest BCUT2D eigenvalue weighted by molar-refractivity contribution is 5.96. The van der Waals surface area contributed by atoms with Crippen LogP contribution in [0, 0.1) is 5.92 Å². The molecule has 3 nitrogen and oxygen atoms in total. The van der Waals surface area contributed by atoms with Gasteiger partial charge in [-0.1, -0.05) is 33.1 Å². The number of ether oxygens (including phenoxy) is 2. The van der Waals surface area contributed by atoms with Crippen molar-refractivity contribution < 1.29 is 14.3 Å². The summed E-state index contributed by atoms with van der Waals surface area (Å²) in [4.78, 5) is 12.1. The summed E-state index contributed by atoms with van der Waals surface area (Å²) >= 11 is 0. The fourth-order valence-corrected chi connectivity index (χ4v) is 2.28. The topological polar surface area (TPSA) is 35.5 Å². The van der Waals surface area contributed by atoms with E-state index in [1.54, 1.807) is 0 Å². The third kappa shape index (κ3) is 3.99. The van der Waals surface area contributed by atoms with E-state index in [9.17, 15) is 4.79 Å². The Kier molecular flexibility index (Phi) is 5.45. The van der Waals surface area contributed by atoms with Gasteiger partial charge in [0.1, 0.15) is 0 Å². The van der Waals surface area contributed by atoms with Crippen molar-refractivity contribution in [2.75, 3.05) is 13.2 Å². The van der Waals surface area contributed by atoms with E-state index in [4.69, 9.17) is 9.47 Å². The number of unbranched alkanes of at least 4 members (excludes halogenated alkanes) is 3. The van der Waals surface area contributed by atoms with Crippen molar-refractivity contribution in [3.63, 3.8) is 0 Å². The Morgan fingerprint density at radius 2 is 1.90 bits per heavy atom. The Hall–Kier alpha value is -1.51. The molecule has 3 heteroatoms. The minimum Gasteiger partial charge on any atom is -0.489 e. The van der Waals surface area contributed by atoms with Crippen LogP contribution in [0.4, 0.5) is 0 Å². The number of rotatable bonds is 6. The van der Waals surface area contributed by atoms with Gasteiger partial charge in [0.2, 0.25) is 0 Å². The van der Waals surface area contributed by atoms with E-state index in [1.807, 2.05) is 18.2 Å². The Morgan fingerprint density at radius 3 is 2.65 bits per heavy atom. The molecule has 110 valence electrons. The highest BCUT2D eigenvalue weighted by Crippen LogP contribution is 2.31. The maximum Gasteiger partial charge on any atom is 0.163 e. The Bertz CT molecular complexity index is 454. The summed E-state index contributed by atoms with van der Waals surface area (Å²) in [6.45, 7) is 5.57. The van der Waals surface area contributed by atoms with Gasteiger partial charge in [-0.25, -0.2) is 0 Å². The second-order valence-corrected chi connectivity index (χ2v) is 5.62. The fourth-order valence-electron chi connectivity index (χ4n) is 2.28. The van der Waals surface area contributed by atoms with Crippen molar-refractivity contribution >= 4 is 5.78 Å². The van der Waals surface area contributed by atoms with Crippen LogP contribution in [0.1, 0.15) is 56.3 Å². The Morgan fingerprint density at radius 1 is 1.15 bits per heavy atom. The minimum absolute atomic E-state index is 0.199. The number of ketones is 1. The molecule has 0 aliphatic carbocycles. The summed E-state index contributed by atoms with van der Waals surface area (Å²) in [6.07, 6.45) is 5.11. The van der Waals surface area contributed by atoms with E-state index < -0.39 is 0 Å². The summed E-state index contributed by atoms with van der Waals surface area (Å²) in [6, 6.07) is 5.53. The quantitative estimate of drug-likeness (QED) is 0.575. The largest absolute Gasteiger partial charge is 0.489 e. The predicted octanol–water partition coefficient (Wildman–Crippen LogP) is 4.25. The molecule has 1 aromatic rings. The predicted molar refractivity (Wildman–Crippen MR) is 79.7 cm³/mol. The molecule has 1 atom stereocenters. The van der Waals surface area contributed by atoms with Gasteiger partial charge in [-0.2, -0.15) is 0 Å². The molecule has 0 aromatic heterocycles. The number of hydrogen-bond donors (Lipinski definition) is 0. The normalized spacial score (nSPS) is 17.6. The average molecular weight is 276 g/mol. The van der Waals surface area contributed by atoms with Crippen LogP contribution in [0.3, 0.4) is 0 Å². The molecule has 2 rings (SSSR count). The molecule has 1 unspecified atom stereocenters. The molecule has 0 saturated heterocycles. The fraction of sp³-hybridized carbons (Fsp3) is 0.588. The lowest BCUT2D eigenvalue weighted by molar-refractivity contribution is 0.0978. The second kappa shape index (κ2) is 7.32. The third-order valence-corrected chi connectivity index (χ3v) is 3.57. The lowest BCUT2D eigenvalue weighted by atomic mass is 10.0. The van der Waals surface area contributed by atoms with Crippen LogP contribution >= 0.6 is 0 Å². The van der Waals surface area contributed by atoms with Gasteiger partial charge in [-0.05, 0) is 24.6 Å². The van der Waals surface area contributed by atoms with Crippen molar-refractivity contribution in [2.24, 2.45) is 5.92 Å². The zero-order valence-corrected chi connectivity index (χ0v) is 12.5. The van der Waals surface area contributed by atoms with Crippen LogP contribution in [0.25, 0.3) is 0 Å². The van der Waals surface area contributed by atoms with Crippen molar-refractivity contribution in [1.29, 1.82) is 0 Å². The van der Waals surface area contributed by atoms with Crippen molar-refractivity contribution in [2.45, 2.75) is 46.0 Å². The smallest absolute Gasteiger partial charge is 0.163 e. The Labute approximate surface area is 121 Å². The molecule has 1 aromatic carbocycles. The monoisotopic (exact) mass is 276 g/mol. The molecular weight excluding hydrogens is 252 g/mol. The van der Waals surface area contributed by atoms with Crippen LogP contribution < -0.4 is 9.47 Å². The zero-order chi connectivity index (χ0) is 14.4. The summed E-state index contributed by atoms with van der Waals surface area (Å²) in [7, 11) is 0. The first-order valence-corrected chi connectivity index (χ1v) is 7.63. The van der Waals surface area contributed by atoms with E-state index in [-0.39, 0.29) is 5.78 Å². The van der Waals surface area contributed by atoms with E-state index in [2.05, 4.69) is 13.8 Å². The molecule has 1 heterocycles. The highest BCUT2D eigenvalue weighted by Gasteiger charge is 2.16. The SMILES string of the molecule is CCCCCCC(=O)c1ccc2c(c1)OCC(C)CO2. The summed E-state index contributed by atoms with van der Waals surface area (Å²) in [5, 5.41) is 0. The molecule has 1 aliphatic rings. The van der Waals surface area contributed by atoms with Gasteiger partial charge in [0, 0.05) is 17.9 Å². The van der Waals surface area contributed by atoms with Crippen molar-refractivity contribution in [3.8, 4) is 11.5 Å². The van der Waals surface area contributed by atoms with Crippen LogP contribution in [0.2, 0.25) is 0 Å². The van der Waals surface area contributed by atoms with Gasteiger partial charge >= 0.3 is 0 Å². The molecule has 0 fully saturated rings. The number of carbonyl (C=O) groups excluding carboxylic acids is 1. The maximum atomic E-state index is 12.1. The second-order valence-electron chi connectivity index (χ2n) is 5.62. The van der Waals surface area contributed by atoms with Crippen LogP contribution in [0.15, 0.2) is 18.2 Å². The first kappa shape index (κ1) is 14.9. The number of carbonyl (C=O) groups is 1. The lowest BCUT2D eigenvalue weighted by Gasteiger charge is -2.08. The number of fused-ring (bicyclic) bond motifs is 1. The molecule has 0 amide bonds.